The molecule has 6 nitrogen and oxygen atoms in total. The number of nitrogen functional groups attached to an aromatic ring is 1. The van der Waals surface area contributed by atoms with E-state index >= 15 is 0 Å². The van der Waals surface area contributed by atoms with Crippen molar-refractivity contribution in [2.45, 2.75) is 0 Å². The topological polar surface area (TPSA) is 72.2 Å². The molecule has 6 heteroatoms. The molecule has 1 aromatic rings. The molecular weight excluding hydrogens is 298 g/mol. The number of benzene rings is 1. The van der Waals surface area contributed by atoms with Crippen molar-refractivity contribution in [1.29, 1.82) is 0 Å². The van der Waals surface area contributed by atoms with Gasteiger partial charge in [0.25, 0.3) is 0 Å². The summed E-state index contributed by atoms with van der Waals surface area (Å²) >= 11 is 0. The summed E-state index contributed by atoms with van der Waals surface area (Å²) in [5, 5.41) is 0. The fourth-order valence-corrected chi connectivity index (χ4v) is 1.61. The van der Waals surface area contributed by atoms with E-state index in [0.29, 0.717) is 70.9 Å². The van der Waals surface area contributed by atoms with Gasteiger partial charge in [-0.1, -0.05) is 18.1 Å². The molecule has 2 N–H and O–H groups in total. The zero-order chi connectivity index (χ0) is 16.6. The maximum absolute atomic E-state index is 5.76. The highest BCUT2D eigenvalue weighted by Crippen LogP contribution is 2.19. The second-order valence-corrected chi connectivity index (χ2v) is 4.48. The molecule has 0 aliphatic heterocycles. The van der Waals surface area contributed by atoms with E-state index in [4.69, 9.17) is 35.8 Å². The zero-order valence-corrected chi connectivity index (χ0v) is 13.4. The first-order valence-electron chi connectivity index (χ1n) is 7.56. The fourth-order valence-electron chi connectivity index (χ4n) is 1.61. The van der Waals surface area contributed by atoms with Crippen molar-refractivity contribution in [3.8, 4) is 18.1 Å². The smallest absolute Gasteiger partial charge is 0.142 e. The van der Waals surface area contributed by atoms with Gasteiger partial charge < -0.3 is 29.4 Å². The minimum atomic E-state index is 0.317. The minimum absolute atomic E-state index is 0.317. The van der Waals surface area contributed by atoms with Gasteiger partial charge in [0, 0.05) is 0 Å². The molecule has 1 aromatic carbocycles. The molecule has 23 heavy (non-hydrogen) atoms. The Labute approximate surface area is 137 Å². The summed E-state index contributed by atoms with van der Waals surface area (Å²) in [6, 6.07) is 7.37. The molecule has 0 aliphatic rings. The predicted molar refractivity (Wildman–Crippen MR) is 88.5 cm³/mol. The maximum Gasteiger partial charge on any atom is 0.142 e. The van der Waals surface area contributed by atoms with Crippen LogP contribution in [-0.2, 0) is 18.9 Å². The summed E-state index contributed by atoms with van der Waals surface area (Å²) < 4.78 is 26.6. The molecule has 0 fully saturated rings. The molecule has 0 radical (unpaired) electrons. The summed E-state index contributed by atoms with van der Waals surface area (Å²) in [5.41, 5.74) is 6.39. The number of nitrogens with two attached hydrogens (primary N) is 1. The van der Waals surface area contributed by atoms with Crippen LogP contribution in [0.25, 0.3) is 0 Å². The first-order valence-corrected chi connectivity index (χ1v) is 7.56. The summed E-state index contributed by atoms with van der Waals surface area (Å²) in [4.78, 5) is 0. The van der Waals surface area contributed by atoms with Gasteiger partial charge >= 0.3 is 0 Å². The Hall–Kier alpha value is -1.78. The SMILES string of the molecule is C#CCOCCOCCOCCOCCOc1ccccc1N. The minimum Gasteiger partial charge on any atom is -0.489 e. The van der Waals surface area contributed by atoms with Crippen LogP contribution in [0.15, 0.2) is 24.3 Å². The van der Waals surface area contributed by atoms with E-state index in [2.05, 4.69) is 5.92 Å². The van der Waals surface area contributed by atoms with E-state index in [-0.39, 0.29) is 0 Å². The van der Waals surface area contributed by atoms with E-state index < -0.39 is 0 Å². The summed E-state index contributed by atoms with van der Waals surface area (Å²) in [5.74, 6) is 3.06. The van der Waals surface area contributed by atoms with Crippen LogP contribution in [0.2, 0.25) is 0 Å². The summed E-state index contributed by atoms with van der Waals surface area (Å²) in [7, 11) is 0. The molecule has 0 atom stereocenters. The van der Waals surface area contributed by atoms with Crippen LogP contribution in [0.3, 0.4) is 0 Å². The van der Waals surface area contributed by atoms with Crippen LogP contribution >= 0.6 is 0 Å². The highest BCUT2D eigenvalue weighted by atomic mass is 16.6. The second kappa shape index (κ2) is 13.9. The third-order valence-electron chi connectivity index (χ3n) is 2.71. The van der Waals surface area contributed by atoms with Crippen LogP contribution in [0.5, 0.6) is 5.75 Å². The van der Waals surface area contributed by atoms with Gasteiger partial charge in [-0.15, -0.1) is 6.42 Å². The fraction of sp³-hybridized carbons (Fsp3) is 0.529. The Morgan fingerprint density at radius 2 is 1.30 bits per heavy atom. The van der Waals surface area contributed by atoms with Crippen molar-refractivity contribution in [1.82, 2.24) is 0 Å². The van der Waals surface area contributed by atoms with Gasteiger partial charge in [-0.2, -0.15) is 0 Å². The van der Waals surface area contributed by atoms with Crippen LogP contribution in [0.1, 0.15) is 0 Å². The van der Waals surface area contributed by atoms with E-state index in [0.717, 1.165) is 0 Å². The number of para-hydroxylation sites is 2. The Morgan fingerprint density at radius 3 is 1.87 bits per heavy atom. The number of hydrogen-bond donors (Lipinski definition) is 1. The second-order valence-electron chi connectivity index (χ2n) is 4.48. The Morgan fingerprint density at radius 1 is 0.783 bits per heavy atom. The summed E-state index contributed by atoms with van der Waals surface area (Å²) in [6.45, 7) is 4.35. The quantitative estimate of drug-likeness (QED) is 0.316. The average molecular weight is 323 g/mol. The van der Waals surface area contributed by atoms with E-state index in [9.17, 15) is 0 Å². The van der Waals surface area contributed by atoms with Crippen molar-refractivity contribution in [2.24, 2.45) is 0 Å². The zero-order valence-electron chi connectivity index (χ0n) is 13.4. The van der Waals surface area contributed by atoms with E-state index in [1.54, 1.807) is 6.07 Å². The summed E-state index contributed by atoms with van der Waals surface area (Å²) in [6.07, 6.45) is 5.04. The molecule has 0 saturated carbocycles. The van der Waals surface area contributed by atoms with Gasteiger partial charge in [0.1, 0.15) is 19.0 Å². The van der Waals surface area contributed by atoms with Gasteiger partial charge in [-0.05, 0) is 12.1 Å². The van der Waals surface area contributed by atoms with Crippen LogP contribution in [0.4, 0.5) is 5.69 Å². The third-order valence-corrected chi connectivity index (χ3v) is 2.71. The lowest BCUT2D eigenvalue weighted by Gasteiger charge is -2.09. The van der Waals surface area contributed by atoms with Gasteiger partial charge in [-0.25, -0.2) is 0 Å². The first-order chi connectivity index (χ1) is 11.3. The predicted octanol–water partition coefficient (Wildman–Crippen LogP) is 1.35. The van der Waals surface area contributed by atoms with Gasteiger partial charge in [0.2, 0.25) is 0 Å². The highest BCUT2D eigenvalue weighted by molar-refractivity contribution is 5.51. The molecule has 128 valence electrons. The normalized spacial score (nSPS) is 10.4. The molecule has 0 amide bonds. The molecular formula is C17H25NO5. The van der Waals surface area contributed by atoms with Crippen molar-refractivity contribution in [3.63, 3.8) is 0 Å². The monoisotopic (exact) mass is 323 g/mol. The molecule has 0 aromatic heterocycles. The molecule has 0 bridgehead atoms. The maximum atomic E-state index is 5.76. The number of terminal acetylenes is 1. The number of rotatable bonds is 14. The molecule has 0 heterocycles. The van der Waals surface area contributed by atoms with Crippen molar-refractivity contribution in [3.05, 3.63) is 24.3 Å². The molecule has 0 aliphatic carbocycles. The number of ether oxygens (including phenoxy) is 5. The first kappa shape index (κ1) is 19.3. The number of anilines is 1. The molecule has 0 spiro atoms. The lowest BCUT2D eigenvalue weighted by atomic mass is 10.3. The average Bonchev–Trinajstić information content (AvgIpc) is 2.57. The molecule has 0 unspecified atom stereocenters. The van der Waals surface area contributed by atoms with Crippen LogP contribution in [0, 0.1) is 12.3 Å². The Bertz CT molecular complexity index is 447. The van der Waals surface area contributed by atoms with E-state index in [1.807, 2.05) is 18.2 Å². The lowest BCUT2D eigenvalue weighted by molar-refractivity contribution is -0.00184. The van der Waals surface area contributed by atoms with Crippen LogP contribution < -0.4 is 10.5 Å². The number of hydrogen-bond acceptors (Lipinski definition) is 6. The van der Waals surface area contributed by atoms with Crippen molar-refractivity contribution >= 4 is 5.69 Å². The van der Waals surface area contributed by atoms with Crippen LogP contribution in [-0.4, -0.2) is 59.5 Å². The lowest BCUT2D eigenvalue weighted by Crippen LogP contribution is -2.14. The van der Waals surface area contributed by atoms with E-state index in [1.165, 1.54) is 0 Å². The van der Waals surface area contributed by atoms with Gasteiger partial charge in [0.05, 0.1) is 51.9 Å². The Kier molecular flexibility index (Phi) is 11.6. The van der Waals surface area contributed by atoms with Gasteiger partial charge in [-0.3, -0.25) is 0 Å². The van der Waals surface area contributed by atoms with Crippen molar-refractivity contribution in [2.75, 3.05) is 65.2 Å². The third kappa shape index (κ3) is 10.6. The molecule has 0 saturated heterocycles. The van der Waals surface area contributed by atoms with Crippen molar-refractivity contribution < 1.29 is 23.7 Å². The Balaban J connectivity index is 1.80. The highest BCUT2D eigenvalue weighted by Gasteiger charge is 1.98. The molecule has 1 rings (SSSR count). The largest absolute Gasteiger partial charge is 0.489 e. The van der Waals surface area contributed by atoms with Gasteiger partial charge in [0.15, 0.2) is 0 Å². The standard InChI is InChI=1S/C17H25NO5/c1-2-7-19-8-9-20-10-11-21-12-13-22-14-15-23-17-6-4-3-5-16(17)18/h1,3-6H,7-15,18H2.